The fourth-order valence-electron chi connectivity index (χ4n) is 2.73. The molecular weight excluding hydrogens is 296 g/mol. The Balaban J connectivity index is 1.64. The zero-order chi connectivity index (χ0) is 15.4. The fourth-order valence-corrected chi connectivity index (χ4v) is 3.49. The molecule has 1 aromatic carbocycles. The van der Waals surface area contributed by atoms with Crippen LogP contribution in [0.2, 0.25) is 0 Å². The highest BCUT2D eigenvalue weighted by Gasteiger charge is 2.30. The van der Waals surface area contributed by atoms with Gasteiger partial charge in [-0.2, -0.15) is 5.26 Å². The molecule has 1 fully saturated rings. The van der Waals surface area contributed by atoms with E-state index in [1.54, 1.807) is 11.4 Å². The molecule has 5 heteroatoms. The molecule has 1 aliphatic rings. The number of benzene rings is 1. The summed E-state index contributed by atoms with van der Waals surface area (Å²) in [4.78, 5) is 12.7. The van der Waals surface area contributed by atoms with E-state index in [4.69, 9.17) is 10.00 Å². The van der Waals surface area contributed by atoms with Gasteiger partial charge in [0, 0.05) is 19.1 Å². The summed E-state index contributed by atoms with van der Waals surface area (Å²) >= 11 is 1.30. The molecule has 0 aliphatic carbocycles. The van der Waals surface area contributed by atoms with E-state index in [1.165, 1.54) is 11.3 Å². The maximum Gasteiger partial charge on any atom is 0.262 e. The molecule has 1 amide bonds. The third-order valence-corrected chi connectivity index (χ3v) is 4.77. The van der Waals surface area contributed by atoms with Gasteiger partial charge in [0.25, 0.3) is 5.91 Å². The Morgan fingerprint density at radius 3 is 2.95 bits per heavy atom. The van der Waals surface area contributed by atoms with E-state index in [-0.39, 0.29) is 17.9 Å². The van der Waals surface area contributed by atoms with Gasteiger partial charge in [-0.25, -0.2) is 0 Å². The van der Waals surface area contributed by atoms with Gasteiger partial charge in [0.2, 0.25) is 0 Å². The lowest BCUT2D eigenvalue weighted by Gasteiger charge is -2.19. The lowest BCUT2D eigenvalue weighted by atomic mass is 9.95. The number of carbonyl (C=O) groups is 1. The van der Waals surface area contributed by atoms with Crippen LogP contribution in [0.25, 0.3) is 0 Å². The van der Waals surface area contributed by atoms with Gasteiger partial charge in [0.1, 0.15) is 10.9 Å². The van der Waals surface area contributed by atoms with E-state index in [0.29, 0.717) is 23.6 Å². The van der Waals surface area contributed by atoms with Crippen LogP contribution < -0.4 is 5.32 Å². The second-order valence-corrected chi connectivity index (χ2v) is 6.15. The number of rotatable bonds is 4. The van der Waals surface area contributed by atoms with Crippen molar-refractivity contribution in [3.63, 3.8) is 0 Å². The summed E-state index contributed by atoms with van der Waals surface area (Å²) in [5.74, 6) is 0.0853. The number of amides is 1. The van der Waals surface area contributed by atoms with Crippen molar-refractivity contribution in [2.45, 2.75) is 12.5 Å². The van der Waals surface area contributed by atoms with Crippen LogP contribution in [0.15, 0.2) is 41.8 Å². The summed E-state index contributed by atoms with van der Waals surface area (Å²) in [5.41, 5.74) is 1.58. The van der Waals surface area contributed by atoms with Crippen molar-refractivity contribution in [3.8, 4) is 6.07 Å². The molecule has 1 aromatic heterocycles. The smallest absolute Gasteiger partial charge is 0.262 e. The number of hydrogen-bond acceptors (Lipinski definition) is 4. The van der Waals surface area contributed by atoms with Gasteiger partial charge in [-0.05, 0) is 23.4 Å². The molecule has 1 N–H and O–H groups in total. The molecule has 2 atom stereocenters. The Morgan fingerprint density at radius 1 is 1.36 bits per heavy atom. The van der Waals surface area contributed by atoms with Gasteiger partial charge in [-0.15, -0.1) is 11.3 Å². The predicted molar refractivity (Wildman–Crippen MR) is 84.6 cm³/mol. The Hall–Kier alpha value is -2.16. The van der Waals surface area contributed by atoms with Crippen molar-refractivity contribution >= 4 is 17.2 Å². The second-order valence-electron chi connectivity index (χ2n) is 5.24. The fraction of sp³-hybridized carbons (Fsp3) is 0.294. The van der Waals surface area contributed by atoms with Crippen molar-refractivity contribution < 1.29 is 9.53 Å². The van der Waals surface area contributed by atoms with E-state index in [2.05, 4.69) is 17.4 Å². The zero-order valence-corrected chi connectivity index (χ0v) is 12.8. The van der Waals surface area contributed by atoms with Crippen LogP contribution in [0.5, 0.6) is 0 Å². The number of hydrogen-bond donors (Lipinski definition) is 1. The topological polar surface area (TPSA) is 62.1 Å². The highest BCUT2D eigenvalue weighted by atomic mass is 32.1. The molecule has 22 heavy (non-hydrogen) atoms. The zero-order valence-electron chi connectivity index (χ0n) is 12.0. The van der Waals surface area contributed by atoms with E-state index >= 15 is 0 Å². The minimum Gasteiger partial charge on any atom is -0.373 e. The summed E-state index contributed by atoms with van der Waals surface area (Å²) < 4.78 is 5.82. The maximum atomic E-state index is 12.2. The van der Waals surface area contributed by atoms with Gasteiger partial charge >= 0.3 is 0 Å². The molecular formula is C17H16N2O2S. The summed E-state index contributed by atoms with van der Waals surface area (Å²) in [6.45, 7) is 1.27. The molecule has 0 spiro atoms. The standard InChI is InChI=1S/C17H16N2O2S/c18-10-13-7-9-22-16(13)17(20)19-11-14-6-8-21-15(14)12-4-2-1-3-5-12/h1-5,7,9,14-15H,6,8,11H2,(H,19,20)/t14-,15-/m1/s1. The Kier molecular flexibility index (Phi) is 4.52. The number of thiophene rings is 1. The lowest BCUT2D eigenvalue weighted by molar-refractivity contribution is 0.0848. The van der Waals surface area contributed by atoms with Gasteiger partial charge < -0.3 is 10.1 Å². The molecule has 3 rings (SSSR count). The number of nitriles is 1. The SMILES string of the molecule is N#Cc1ccsc1C(=O)NC[C@H]1CCO[C@@H]1c1ccccc1. The first kappa shape index (κ1) is 14.8. The summed E-state index contributed by atoms with van der Waals surface area (Å²) in [6.07, 6.45) is 0.954. The summed E-state index contributed by atoms with van der Waals surface area (Å²) in [6, 6.07) is 13.8. The van der Waals surface area contributed by atoms with Crippen LogP contribution in [0.3, 0.4) is 0 Å². The third-order valence-electron chi connectivity index (χ3n) is 3.86. The molecule has 2 heterocycles. The van der Waals surface area contributed by atoms with Crippen LogP contribution in [0, 0.1) is 17.2 Å². The Labute approximate surface area is 133 Å². The summed E-state index contributed by atoms with van der Waals surface area (Å²) in [7, 11) is 0. The van der Waals surface area contributed by atoms with E-state index < -0.39 is 0 Å². The van der Waals surface area contributed by atoms with Gasteiger partial charge in [-0.3, -0.25) is 4.79 Å². The normalized spacial score (nSPS) is 20.5. The maximum absolute atomic E-state index is 12.2. The molecule has 1 aliphatic heterocycles. The molecule has 0 bridgehead atoms. The number of nitrogens with one attached hydrogen (secondary N) is 1. The van der Waals surface area contributed by atoms with Gasteiger partial charge in [0.05, 0.1) is 11.7 Å². The number of carbonyl (C=O) groups excluding carboxylic acids is 1. The first-order valence-electron chi connectivity index (χ1n) is 7.22. The summed E-state index contributed by atoms with van der Waals surface area (Å²) in [5, 5.41) is 13.7. The minimum absolute atomic E-state index is 0.0280. The van der Waals surface area contributed by atoms with E-state index in [1.807, 2.05) is 24.3 Å². The minimum atomic E-state index is -0.176. The van der Waals surface area contributed by atoms with Crippen LogP contribution in [-0.2, 0) is 4.74 Å². The van der Waals surface area contributed by atoms with Gasteiger partial charge in [0.15, 0.2) is 0 Å². The van der Waals surface area contributed by atoms with Crippen LogP contribution in [0.4, 0.5) is 0 Å². The average Bonchev–Trinajstić information content (AvgIpc) is 3.22. The molecule has 112 valence electrons. The van der Waals surface area contributed by atoms with Gasteiger partial charge in [-0.1, -0.05) is 30.3 Å². The number of nitrogens with zero attached hydrogens (tertiary/aromatic N) is 1. The van der Waals surface area contributed by atoms with Crippen molar-refractivity contribution in [1.29, 1.82) is 5.26 Å². The highest BCUT2D eigenvalue weighted by Crippen LogP contribution is 2.34. The van der Waals surface area contributed by atoms with Crippen molar-refractivity contribution in [1.82, 2.24) is 5.32 Å². The Morgan fingerprint density at radius 2 is 2.18 bits per heavy atom. The van der Waals surface area contributed by atoms with Crippen molar-refractivity contribution in [2.24, 2.45) is 5.92 Å². The molecule has 0 radical (unpaired) electrons. The molecule has 4 nitrogen and oxygen atoms in total. The largest absolute Gasteiger partial charge is 0.373 e. The van der Waals surface area contributed by atoms with Crippen molar-refractivity contribution in [3.05, 3.63) is 57.8 Å². The van der Waals surface area contributed by atoms with Crippen LogP contribution >= 0.6 is 11.3 Å². The molecule has 2 aromatic rings. The van der Waals surface area contributed by atoms with E-state index in [9.17, 15) is 4.79 Å². The first-order valence-corrected chi connectivity index (χ1v) is 8.10. The second kappa shape index (κ2) is 6.73. The monoisotopic (exact) mass is 312 g/mol. The quantitative estimate of drug-likeness (QED) is 0.943. The predicted octanol–water partition coefficient (Wildman–Crippen LogP) is 3.13. The van der Waals surface area contributed by atoms with Crippen molar-refractivity contribution in [2.75, 3.05) is 13.2 Å². The van der Waals surface area contributed by atoms with Crippen LogP contribution in [0.1, 0.15) is 33.3 Å². The highest BCUT2D eigenvalue weighted by molar-refractivity contribution is 7.12. The molecule has 0 saturated carbocycles. The Bertz CT molecular complexity index is 690. The molecule has 0 unspecified atom stereocenters. The average molecular weight is 312 g/mol. The van der Waals surface area contributed by atoms with Crippen LogP contribution in [-0.4, -0.2) is 19.1 Å². The molecule has 1 saturated heterocycles. The third kappa shape index (κ3) is 3.03. The van der Waals surface area contributed by atoms with E-state index in [0.717, 1.165) is 12.0 Å². The number of ether oxygens (including phenoxy) is 1. The first-order chi connectivity index (χ1) is 10.8. The lowest BCUT2D eigenvalue weighted by Crippen LogP contribution is -2.30.